The SMILES string of the molecule is CC(=O)N1CC(=O)N/C(=C\c2ncn(CCCN3CCN(Cc4ccc(F)cc4)CC3)c2C(C)C)C1=O. The number of halogens is 1. The van der Waals surface area contributed by atoms with E-state index < -0.39 is 17.7 Å². The molecule has 10 heteroatoms. The fraction of sp³-hybridized carbons (Fsp3) is 0.481. The molecular weight excluding hydrogens is 475 g/mol. The van der Waals surface area contributed by atoms with Gasteiger partial charge in [0, 0.05) is 51.9 Å². The molecule has 2 aromatic rings. The van der Waals surface area contributed by atoms with Gasteiger partial charge in [0.15, 0.2) is 0 Å². The molecule has 0 bridgehead atoms. The largest absolute Gasteiger partial charge is 0.334 e. The molecule has 3 heterocycles. The predicted octanol–water partition coefficient (Wildman–Crippen LogP) is 2.20. The summed E-state index contributed by atoms with van der Waals surface area (Å²) < 4.78 is 15.2. The van der Waals surface area contributed by atoms with Crippen LogP contribution in [0.25, 0.3) is 6.08 Å². The molecular formula is C27H35FN6O3. The number of aryl methyl sites for hydroxylation is 1. The highest BCUT2D eigenvalue weighted by atomic mass is 19.1. The van der Waals surface area contributed by atoms with Crippen molar-refractivity contribution in [2.24, 2.45) is 0 Å². The Hall–Kier alpha value is -3.37. The van der Waals surface area contributed by atoms with E-state index in [1.165, 1.54) is 19.1 Å². The van der Waals surface area contributed by atoms with Gasteiger partial charge in [0.05, 0.1) is 12.0 Å². The molecule has 2 aliphatic rings. The molecule has 198 valence electrons. The number of nitrogens with zero attached hydrogens (tertiary/aromatic N) is 5. The first-order chi connectivity index (χ1) is 17.7. The van der Waals surface area contributed by atoms with E-state index >= 15 is 0 Å². The van der Waals surface area contributed by atoms with Crippen molar-refractivity contribution in [3.8, 4) is 0 Å². The van der Waals surface area contributed by atoms with E-state index in [9.17, 15) is 18.8 Å². The lowest BCUT2D eigenvalue weighted by Gasteiger charge is -2.34. The smallest absolute Gasteiger partial charge is 0.277 e. The Morgan fingerprint density at radius 3 is 2.41 bits per heavy atom. The van der Waals surface area contributed by atoms with Crippen molar-refractivity contribution in [2.75, 3.05) is 39.3 Å². The van der Waals surface area contributed by atoms with Crippen molar-refractivity contribution in [3.05, 3.63) is 59.1 Å². The Balaban J connectivity index is 1.32. The van der Waals surface area contributed by atoms with Crippen molar-refractivity contribution in [1.82, 2.24) is 29.6 Å². The van der Waals surface area contributed by atoms with Gasteiger partial charge in [-0.25, -0.2) is 9.37 Å². The molecule has 37 heavy (non-hydrogen) atoms. The van der Waals surface area contributed by atoms with Gasteiger partial charge < -0.3 is 14.8 Å². The summed E-state index contributed by atoms with van der Waals surface area (Å²) in [5.41, 5.74) is 2.81. The second-order valence-corrected chi connectivity index (χ2v) is 9.98. The summed E-state index contributed by atoms with van der Waals surface area (Å²) in [5, 5.41) is 2.58. The molecule has 0 atom stereocenters. The van der Waals surface area contributed by atoms with E-state index in [0.717, 1.165) is 68.4 Å². The van der Waals surface area contributed by atoms with E-state index in [-0.39, 0.29) is 24.0 Å². The molecule has 0 unspecified atom stereocenters. The summed E-state index contributed by atoms with van der Waals surface area (Å²) in [6, 6.07) is 6.72. The van der Waals surface area contributed by atoms with E-state index in [2.05, 4.69) is 38.5 Å². The zero-order chi connectivity index (χ0) is 26.5. The number of imide groups is 1. The first-order valence-electron chi connectivity index (χ1n) is 12.8. The third-order valence-electron chi connectivity index (χ3n) is 6.83. The van der Waals surface area contributed by atoms with Crippen LogP contribution >= 0.6 is 0 Å². The van der Waals surface area contributed by atoms with E-state index in [1.54, 1.807) is 12.4 Å². The van der Waals surface area contributed by atoms with Gasteiger partial charge >= 0.3 is 0 Å². The minimum atomic E-state index is -0.519. The number of hydrogen-bond donors (Lipinski definition) is 1. The van der Waals surface area contributed by atoms with Crippen molar-refractivity contribution < 1.29 is 18.8 Å². The van der Waals surface area contributed by atoms with Gasteiger partial charge in [-0.05, 0) is 42.7 Å². The lowest BCUT2D eigenvalue weighted by atomic mass is 10.1. The first-order valence-corrected chi connectivity index (χ1v) is 12.8. The molecule has 1 aromatic carbocycles. The molecule has 2 fully saturated rings. The van der Waals surface area contributed by atoms with Crippen LogP contribution in [0.2, 0.25) is 0 Å². The fourth-order valence-electron chi connectivity index (χ4n) is 4.90. The molecule has 3 amide bonds. The molecule has 0 aliphatic carbocycles. The van der Waals surface area contributed by atoms with Crippen LogP contribution < -0.4 is 5.32 Å². The summed E-state index contributed by atoms with van der Waals surface area (Å²) in [4.78, 5) is 46.7. The molecule has 4 rings (SSSR count). The zero-order valence-corrected chi connectivity index (χ0v) is 21.7. The number of carbonyl (C=O) groups excluding carboxylic acids is 3. The minimum Gasteiger partial charge on any atom is -0.334 e. The third-order valence-corrected chi connectivity index (χ3v) is 6.83. The van der Waals surface area contributed by atoms with Crippen LogP contribution in [0, 0.1) is 5.82 Å². The van der Waals surface area contributed by atoms with Crippen LogP contribution in [-0.2, 0) is 27.5 Å². The van der Waals surface area contributed by atoms with E-state index in [0.29, 0.717) is 5.69 Å². The molecule has 1 aromatic heterocycles. The van der Waals surface area contributed by atoms with Gasteiger partial charge in [-0.2, -0.15) is 0 Å². The van der Waals surface area contributed by atoms with Gasteiger partial charge in [-0.3, -0.25) is 24.2 Å². The van der Waals surface area contributed by atoms with Crippen molar-refractivity contribution >= 4 is 23.8 Å². The average molecular weight is 511 g/mol. The maximum absolute atomic E-state index is 13.1. The quantitative estimate of drug-likeness (QED) is 0.548. The van der Waals surface area contributed by atoms with Crippen LogP contribution in [0.5, 0.6) is 0 Å². The van der Waals surface area contributed by atoms with Gasteiger partial charge in [0.1, 0.15) is 18.1 Å². The predicted molar refractivity (Wildman–Crippen MR) is 138 cm³/mol. The zero-order valence-electron chi connectivity index (χ0n) is 21.7. The number of rotatable bonds is 8. The number of piperazine rings is 2. The Morgan fingerprint density at radius 2 is 1.76 bits per heavy atom. The molecule has 1 N–H and O–H groups in total. The highest BCUT2D eigenvalue weighted by Crippen LogP contribution is 2.22. The van der Waals surface area contributed by atoms with Crippen LogP contribution in [-0.4, -0.2) is 81.2 Å². The Morgan fingerprint density at radius 1 is 1.08 bits per heavy atom. The van der Waals surface area contributed by atoms with Gasteiger partial charge in [-0.1, -0.05) is 26.0 Å². The number of imidazole rings is 1. The normalized spacial score (nSPS) is 18.6. The van der Waals surface area contributed by atoms with Crippen LogP contribution in [0.15, 0.2) is 36.3 Å². The first kappa shape index (κ1) is 26.7. The lowest BCUT2D eigenvalue weighted by molar-refractivity contribution is -0.147. The summed E-state index contributed by atoms with van der Waals surface area (Å²) >= 11 is 0. The highest BCUT2D eigenvalue weighted by molar-refractivity contribution is 6.12. The second-order valence-electron chi connectivity index (χ2n) is 9.98. The van der Waals surface area contributed by atoms with Crippen molar-refractivity contribution in [3.63, 3.8) is 0 Å². The van der Waals surface area contributed by atoms with Crippen molar-refractivity contribution in [2.45, 2.75) is 46.2 Å². The summed E-state index contributed by atoms with van der Waals surface area (Å²) in [6.45, 7) is 11.7. The number of amides is 3. The summed E-state index contributed by atoms with van der Waals surface area (Å²) in [5.74, 6) is -1.43. The van der Waals surface area contributed by atoms with Crippen LogP contribution in [0.3, 0.4) is 0 Å². The topological polar surface area (TPSA) is 90.8 Å². The molecule has 2 saturated heterocycles. The maximum atomic E-state index is 13.1. The van der Waals surface area contributed by atoms with Crippen molar-refractivity contribution in [1.29, 1.82) is 0 Å². The molecule has 2 aliphatic heterocycles. The van der Waals surface area contributed by atoms with Gasteiger partial charge in [-0.15, -0.1) is 0 Å². The molecule has 0 radical (unpaired) electrons. The van der Waals surface area contributed by atoms with Gasteiger partial charge in [0.25, 0.3) is 5.91 Å². The Bertz CT molecular complexity index is 1170. The summed E-state index contributed by atoms with van der Waals surface area (Å²) in [6.07, 6.45) is 4.31. The Kier molecular flexibility index (Phi) is 8.50. The number of nitrogens with one attached hydrogen (secondary N) is 1. The monoisotopic (exact) mass is 510 g/mol. The maximum Gasteiger partial charge on any atom is 0.277 e. The molecule has 0 spiro atoms. The third kappa shape index (κ3) is 6.69. The number of aromatic nitrogens is 2. The molecule has 0 saturated carbocycles. The van der Waals surface area contributed by atoms with Gasteiger partial charge in [0.2, 0.25) is 11.8 Å². The van der Waals surface area contributed by atoms with Crippen LogP contribution in [0.1, 0.15) is 50.1 Å². The van der Waals surface area contributed by atoms with Crippen LogP contribution in [0.4, 0.5) is 4.39 Å². The van der Waals surface area contributed by atoms with E-state index in [4.69, 9.17) is 0 Å². The standard InChI is InChI=1S/C27H35FN6O3/c1-19(2)26-23(15-24-27(37)34(20(3)35)17-25(36)30-24)29-18-33(26)10-4-9-31-11-13-32(14-12-31)16-21-5-7-22(28)8-6-21/h5-8,15,18-19H,4,9-14,16-17H2,1-3H3,(H,30,36)/b24-15-. The number of benzene rings is 1. The summed E-state index contributed by atoms with van der Waals surface area (Å²) in [7, 11) is 0. The fourth-order valence-corrected chi connectivity index (χ4v) is 4.90. The average Bonchev–Trinajstić information content (AvgIpc) is 3.26. The number of hydrogen-bond acceptors (Lipinski definition) is 6. The second kappa shape index (κ2) is 11.8. The highest BCUT2D eigenvalue weighted by Gasteiger charge is 2.31. The Labute approximate surface area is 216 Å². The minimum absolute atomic E-state index is 0.0668. The molecule has 9 nitrogen and oxygen atoms in total. The number of carbonyl (C=O) groups is 3. The van der Waals surface area contributed by atoms with E-state index in [1.807, 2.05) is 12.1 Å². The lowest BCUT2D eigenvalue weighted by Crippen LogP contribution is -2.51.